The van der Waals surface area contributed by atoms with Crippen LogP contribution in [-0.2, 0) is 30.7 Å². The van der Waals surface area contributed by atoms with E-state index in [1.165, 1.54) is 20.1 Å². The summed E-state index contributed by atoms with van der Waals surface area (Å²) in [6, 6.07) is 10.4. The Bertz CT molecular complexity index is 1050. The molecule has 2 saturated heterocycles. The molecule has 0 aliphatic carbocycles. The summed E-state index contributed by atoms with van der Waals surface area (Å²) < 4.78 is 63.6. The fraction of sp³-hybridized carbons (Fsp3) is 0.476. The lowest BCUT2D eigenvalue weighted by atomic mass is 9.76. The van der Waals surface area contributed by atoms with E-state index >= 15 is 0 Å². The molecular weight excluding hydrogens is 461 g/mol. The molecule has 6 atom stereocenters. The molecule has 0 saturated carbocycles. The molecule has 4 rings (SSSR count). The summed E-state index contributed by atoms with van der Waals surface area (Å²) in [4.78, 5) is 6.66. The highest BCUT2D eigenvalue weighted by Gasteiger charge is 2.60. The third-order valence-corrected chi connectivity index (χ3v) is 6.20. The number of nitrogens with zero attached hydrogens (tertiary/aromatic N) is 4. The molecule has 8 nitrogen and oxygen atoms in total. The van der Waals surface area contributed by atoms with Gasteiger partial charge in [0.2, 0.25) is 0 Å². The standard InChI is InChI=1S/C21H21F3N4O4S/c1-11-8-13(9-26-15(11)21(22,23)24)20(27-28-25)16-14(31-19(33)17(20)29-2)10-30-18(32-16)12-6-4-3-5-7-12/h3-9,14,16-19,33H,10H2,1-2H3/t14-,16+,17+,18?,19-,20?/m1/s1. The van der Waals surface area contributed by atoms with E-state index < -0.39 is 47.4 Å². The van der Waals surface area contributed by atoms with Gasteiger partial charge in [-0.2, -0.15) is 13.2 Å². The number of hydrogen-bond acceptors (Lipinski definition) is 7. The van der Waals surface area contributed by atoms with Crippen LogP contribution in [0.5, 0.6) is 0 Å². The Morgan fingerprint density at radius 1 is 1.27 bits per heavy atom. The van der Waals surface area contributed by atoms with Gasteiger partial charge >= 0.3 is 6.18 Å². The molecule has 2 fully saturated rings. The highest BCUT2D eigenvalue weighted by Crippen LogP contribution is 2.49. The summed E-state index contributed by atoms with van der Waals surface area (Å²) >= 11 is 4.45. The first-order chi connectivity index (χ1) is 15.7. The Labute approximate surface area is 193 Å². The van der Waals surface area contributed by atoms with Crippen LogP contribution >= 0.6 is 12.6 Å². The van der Waals surface area contributed by atoms with Crippen LogP contribution in [0.15, 0.2) is 47.7 Å². The number of fused-ring (bicyclic) bond motifs is 1. The van der Waals surface area contributed by atoms with Gasteiger partial charge in [0, 0.05) is 23.8 Å². The number of hydrogen-bond donors (Lipinski definition) is 1. The van der Waals surface area contributed by atoms with Gasteiger partial charge in [-0.25, -0.2) is 0 Å². The minimum Gasteiger partial charge on any atom is -0.377 e. The molecular formula is C21H21F3N4O4S. The maximum atomic E-state index is 13.3. The van der Waals surface area contributed by atoms with Crippen molar-refractivity contribution in [3.05, 3.63) is 75.4 Å². The Kier molecular flexibility index (Phi) is 6.59. The molecule has 0 amide bonds. The number of aromatic nitrogens is 1. The summed E-state index contributed by atoms with van der Waals surface area (Å²) in [6.07, 6.45) is -7.10. The molecule has 0 radical (unpaired) electrons. The van der Waals surface area contributed by atoms with Crippen molar-refractivity contribution in [2.45, 2.75) is 48.7 Å². The first-order valence-corrected chi connectivity index (χ1v) is 10.5. The molecule has 1 aromatic carbocycles. The van der Waals surface area contributed by atoms with Gasteiger partial charge < -0.3 is 18.9 Å². The van der Waals surface area contributed by atoms with Gasteiger partial charge in [0.05, 0.1) is 6.61 Å². The maximum absolute atomic E-state index is 13.3. The van der Waals surface area contributed by atoms with Crippen molar-refractivity contribution in [2.24, 2.45) is 5.11 Å². The normalized spacial score (nSPS) is 32.0. The van der Waals surface area contributed by atoms with Gasteiger partial charge in [-0.3, -0.25) is 4.98 Å². The van der Waals surface area contributed by atoms with Crippen molar-refractivity contribution in [3.8, 4) is 0 Å². The Morgan fingerprint density at radius 3 is 2.61 bits per heavy atom. The summed E-state index contributed by atoms with van der Waals surface area (Å²) in [5.74, 6) is 0. The minimum absolute atomic E-state index is 0.0769. The van der Waals surface area contributed by atoms with Crippen LogP contribution in [0.2, 0.25) is 0 Å². The average Bonchev–Trinajstić information content (AvgIpc) is 2.78. The number of halogens is 3. The average molecular weight is 482 g/mol. The third kappa shape index (κ3) is 4.18. The first kappa shape index (κ1) is 23.8. The van der Waals surface area contributed by atoms with Crippen LogP contribution in [0.3, 0.4) is 0 Å². The molecule has 0 spiro atoms. The second kappa shape index (κ2) is 9.13. The molecule has 1 aromatic heterocycles. The van der Waals surface area contributed by atoms with E-state index in [4.69, 9.17) is 18.9 Å². The molecule has 12 heteroatoms. The molecule has 3 heterocycles. The third-order valence-electron chi connectivity index (χ3n) is 5.81. The van der Waals surface area contributed by atoms with Gasteiger partial charge in [0.1, 0.15) is 35.0 Å². The SMILES string of the molecule is CO[C@H]1[C@@H](S)O[C@@H]2COC(c3ccccc3)O[C@@H]2C1(N=[N+]=[N-])c1cnc(C(F)(F)F)c(C)c1. The smallest absolute Gasteiger partial charge is 0.377 e. The number of rotatable bonds is 4. The summed E-state index contributed by atoms with van der Waals surface area (Å²) in [7, 11) is 1.37. The lowest BCUT2D eigenvalue weighted by Crippen LogP contribution is -2.66. The Morgan fingerprint density at radius 2 is 2.00 bits per heavy atom. The molecule has 0 N–H and O–H groups in total. The number of thiol groups is 1. The van der Waals surface area contributed by atoms with Gasteiger partial charge in [-0.1, -0.05) is 41.5 Å². The van der Waals surface area contributed by atoms with E-state index in [9.17, 15) is 18.7 Å². The Hall–Kier alpha value is -2.34. The van der Waals surface area contributed by atoms with Crippen molar-refractivity contribution in [1.29, 1.82) is 0 Å². The predicted octanol–water partition coefficient (Wildman–Crippen LogP) is 4.70. The van der Waals surface area contributed by atoms with Crippen LogP contribution in [-0.4, -0.2) is 42.4 Å². The largest absolute Gasteiger partial charge is 0.433 e. The second-order valence-electron chi connectivity index (χ2n) is 7.76. The zero-order valence-electron chi connectivity index (χ0n) is 17.6. The van der Waals surface area contributed by atoms with Crippen molar-refractivity contribution >= 4 is 12.6 Å². The molecule has 2 aromatic rings. The lowest BCUT2D eigenvalue weighted by molar-refractivity contribution is -0.317. The van der Waals surface area contributed by atoms with Crippen molar-refractivity contribution in [2.75, 3.05) is 13.7 Å². The van der Waals surface area contributed by atoms with Crippen molar-refractivity contribution in [1.82, 2.24) is 4.98 Å². The number of pyridine rings is 1. The van der Waals surface area contributed by atoms with Crippen LogP contribution in [0.1, 0.15) is 28.7 Å². The van der Waals surface area contributed by atoms with Crippen LogP contribution in [0.25, 0.3) is 10.4 Å². The molecule has 176 valence electrons. The number of ether oxygens (including phenoxy) is 4. The Balaban J connectivity index is 1.86. The predicted molar refractivity (Wildman–Crippen MR) is 113 cm³/mol. The second-order valence-corrected chi connectivity index (χ2v) is 8.27. The quantitative estimate of drug-likeness (QED) is 0.295. The van der Waals surface area contributed by atoms with E-state index in [1.807, 2.05) is 30.3 Å². The monoisotopic (exact) mass is 482 g/mol. The molecule has 33 heavy (non-hydrogen) atoms. The van der Waals surface area contributed by atoms with Crippen molar-refractivity contribution < 1.29 is 32.1 Å². The number of aryl methyl sites for hydroxylation is 1. The van der Waals surface area contributed by atoms with E-state index in [0.717, 1.165) is 11.8 Å². The van der Waals surface area contributed by atoms with Crippen LogP contribution < -0.4 is 0 Å². The van der Waals surface area contributed by atoms with Gasteiger partial charge in [0.15, 0.2) is 6.29 Å². The fourth-order valence-electron chi connectivity index (χ4n) is 4.40. The number of methoxy groups -OCH3 is 1. The zero-order chi connectivity index (χ0) is 23.8. The highest BCUT2D eigenvalue weighted by atomic mass is 32.1. The number of azide groups is 1. The molecule has 2 aliphatic rings. The van der Waals surface area contributed by atoms with Crippen LogP contribution in [0.4, 0.5) is 13.2 Å². The maximum Gasteiger partial charge on any atom is 0.433 e. The first-order valence-electron chi connectivity index (χ1n) is 10.0. The van der Waals surface area contributed by atoms with E-state index in [0.29, 0.717) is 0 Å². The fourth-order valence-corrected chi connectivity index (χ4v) is 4.91. The number of benzene rings is 1. The molecule has 0 bridgehead atoms. The minimum atomic E-state index is -4.63. The van der Waals surface area contributed by atoms with E-state index in [1.54, 1.807) is 0 Å². The van der Waals surface area contributed by atoms with Gasteiger partial charge in [-0.05, 0) is 23.6 Å². The lowest BCUT2D eigenvalue weighted by Gasteiger charge is -2.53. The highest BCUT2D eigenvalue weighted by molar-refractivity contribution is 7.80. The molecule has 2 aliphatic heterocycles. The van der Waals surface area contributed by atoms with Crippen molar-refractivity contribution in [3.63, 3.8) is 0 Å². The zero-order valence-corrected chi connectivity index (χ0v) is 18.5. The van der Waals surface area contributed by atoms with E-state index in [2.05, 4.69) is 27.6 Å². The number of alkyl halides is 3. The van der Waals surface area contributed by atoms with Gasteiger partial charge in [0.25, 0.3) is 0 Å². The van der Waals surface area contributed by atoms with E-state index in [-0.39, 0.29) is 17.7 Å². The van der Waals surface area contributed by atoms with Crippen LogP contribution in [0, 0.1) is 6.92 Å². The molecule has 2 unspecified atom stereocenters. The summed E-state index contributed by atoms with van der Waals surface area (Å²) in [5, 5.41) is 4.06. The topological polar surface area (TPSA) is 98.6 Å². The van der Waals surface area contributed by atoms with Gasteiger partial charge in [-0.15, -0.1) is 12.6 Å². The summed E-state index contributed by atoms with van der Waals surface area (Å²) in [6.45, 7) is 1.37. The summed E-state index contributed by atoms with van der Waals surface area (Å²) in [5.41, 5.74) is 6.76.